The lowest BCUT2D eigenvalue weighted by atomic mass is 10.2. The fourth-order valence-corrected chi connectivity index (χ4v) is 2.36. The quantitative estimate of drug-likeness (QED) is 0.755. The highest BCUT2D eigenvalue weighted by Gasteiger charge is 2.12. The number of rotatable bonds is 8. The van der Waals surface area contributed by atoms with Gasteiger partial charge in [-0.1, -0.05) is 13.0 Å². The van der Waals surface area contributed by atoms with Crippen LogP contribution in [0.5, 0.6) is 11.5 Å². The van der Waals surface area contributed by atoms with Crippen molar-refractivity contribution in [1.29, 1.82) is 0 Å². The maximum atomic E-state index is 12.3. The smallest absolute Gasteiger partial charge is 0.270 e. The van der Waals surface area contributed by atoms with Crippen LogP contribution in [0.25, 0.3) is 0 Å². The number of ether oxygens (including phenoxy) is 2. The largest absolute Gasteiger partial charge is 0.493 e. The van der Waals surface area contributed by atoms with E-state index in [9.17, 15) is 4.79 Å². The lowest BCUT2D eigenvalue weighted by molar-refractivity contribution is 0.0934. The van der Waals surface area contributed by atoms with E-state index in [2.05, 4.69) is 20.6 Å². The highest BCUT2D eigenvalue weighted by atomic mass is 16.5. The molecule has 0 fully saturated rings. The molecule has 0 aliphatic heterocycles. The number of hydrogen-bond acceptors (Lipinski definition) is 6. The Morgan fingerprint density at radius 1 is 1.15 bits per heavy atom. The van der Waals surface area contributed by atoms with E-state index in [1.807, 2.05) is 32.0 Å². The summed E-state index contributed by atoms with van der Waals surface area (Å²) < 4.78 is 10.6. The molecule has 1 unspecified atom stereocenters. The predicted octanol–water partition coefficient (Wildman–Crippen LogP) is 2.94. The minimum atomic E-state index is -0.195. The van der Waals surface area contributed by atoms with Gasteiger partial charge >= 0.3 is 0 Å². The second-order valence-corrected chi connectivity index (χ2v) is 6.01. The van der Waals surface area contributed by atoms with Crippen molar-refractivity contribution in [3.8, 4) is 11.5 Å². The van der Waals surface area contributed by atoms with Crippen LogP contribution in [-0.4, -0.2) is 36.1 Å². The van der Waals surface area contributed by atoms with E-state index in [0.29, 0.717) is 35.4 Å². The molecule has 1 amide bonds. The summed E-state index contributed by atoms with van der Waals surface area (Å²) in [6.07, 6.45) is 0.861. The Morgan fingerprint density at radius 3 is 2.54 bits per heavy atom. The SMILES string of the molecule is CCC(C)NC(=O)c1cc(NCc2ccc(OC)c(OC)c2)nc(C)n1. The monoisotopic (exact) mass is 358 g/mol. The third-order valence-electron chi connectivity index (χ3n) is 3.98. The molecular formula is C19H26N4O3. The van der Waals surface area contributed by atoms with Crippen LogP contribution in [0.1, 0.15) is 42.1 Å². The van der Waals surface area contributed by atoms with Crippen LogP contribution in [0, 0.1) is 6.92 Å². The van der Waals surface area contributed by atoms with Gasteiger partial charge in [0.25, 0.3) is 5.91 Å². The molecule has 2 N–H and O–H groups in total. The lowest BCUT2D eigenvalue weighted by Gasteiger charge is -2.13. The van der Waals surface area contributed by atoms with Gasteiger partial charge in [0, 0.05) is 18.7 Å². The number of nitrogens with zero attached hydrogens (tertiary/aromatic N) is 2. The molecule has 0 saturated heterocycles. The van der Waals surface area contributed by atoms with Gasteiger partial charge in [-0.15, -0.1) is 0 Å². The average Bonchev–Trinajstić information content (AvgIpc) is 2.65. The van der Waals surface area contributed by atoms with Crippen molar-refractivity contribution >= 4 is 11.7 Å². The van der Waals surface area contributed by atoms with E-state index in [0.717, 1.165) is 12.0 Å². The molecule has 1 heterocycles. The fourth-order valence-electron chi connectivity index (χ4n) is 2.36. The number of carbonyl (C=O) groups excluding carboxylic acids is 1. The summed E-state index contributed by atoms with van der Waals surface area (Å²) >= 11 is 0. The van der Waals surface area contributed by atoms with Crippen molar-refractivity contribution in [1.82, 2.24) is 15.3 Å². The molecule has 0 bridgehead atoms. The van der Waals surface area contributed by atoms with Gasteiger partial charge in [-0.25, -0.2) is 9.97 Å². The van der Waals surface area contributed by atoms with Gasteiger partial charge in [-0.2, -0.15) is 0 Å². The summed E-state index contributed by atoms with van der Waals surface area (Å²) in [5, 5.41) is 6.14. The van der Waals surface area contributed by atoms with Gasteiger partial charge in [0.2, 0.25) is 0 Å². The Kier molecular flexibility index (Phi) is 6.77. The van der Waals surface area contributed by atoms with E-state index >= 15 is 0 Å². The number of aryl methyl sites for hydroxylation is 1. The zero-order chi connectivity index (χ0) is 19.1. The topological polar surface area (TPSA) is 85.4 Å². The highest BCUT2D eigenvalue weighted by Crippen LogP contribution is 2.27. The molecule has 7 nitrogen and oxygen atoms in total. The number of nitrogens with one attached hydrogen (secondary N) is 2. The predicted molar refractivity (Wildman–Crippen MR) is 101 cm³/mol. The van der Waals surface area contributed by atoms with Gasteiger partial charge < -0.3 is 20.1 Å². The van der Waals surface area contributed by atoms with E-state index in [1.54, 1.807) is 27.2 Å². The third kappa shape index (κ3) is 5.08. The molecular weight excluding hydrogens is 332 g/mol. The Bertz CT molecular complexity index is 764. The summed E-state index contributed by atoms with van der Waals surface area (Å²) in [5.41, 5.74) is 1.36. The van der Waals surface area contributed by atoms with Crippen LogP contribution in [0.2, 0.25) is 0 Å². The highest BCUT2D eigenvalue weighted by molar-refractivity contribution is 5.93. The number of carbonyl (C=O) groups is 1. The summed E-state index contributed by atoms with van der Waals surface area (Å²) in [6.45, 7) is 6.28. The Balaban J connectivity index is 2.11. The standard InChI is InChI=1S/C19H26N4O3/c1-6-12(2)21-19(24)15-10-18(23-13(3)22-15)20-11-14-7-8-16(25-4)17(9-14)26-5/h7-10,12H,6,11H2,1-5H3,(H,21,24)(H,20,22,23). The van der Waals surface area contributed by atoms with Crippen LogP contribution in [0.4, 0.5) is 5.82 Å². The molecule has 0 aliphatic rings. The normalized spacial score (nSPS) is 11.6. The molecule has 140 valence electrons. The van der Waals surface area contributed by atoms with Crippen molar-refractivity contribution in [2.45, 2.75) is 39.8 Å². The van der Waals surface area contributed by atoms with Crippen molar-refractivity contribution in [2.75, 3.05) is 19.5 Å². The molecule has 1 aromatic carbocycles. The number of aromatic nitrogens is 2. The number of anilines is 1. The van der Waals surface area contributed by atoms with Gasteiger partial charge in [-0.3, -0.25) is 4.79 Å². The molecule has 0 aliphatic carbocycles. The zero-order valence-electron chi connectivity index (χ0n) is 15.9. The molecule has 0 radical (unpaired) electrons. The average molecular weight is 358 g/mol. The third-order valence-corrected chi connectivity index (χ3v) is 3.98. The fraction of sp³-hybridized carbons (Fsp3) is 0.421. The molecule has 26 heavy (non-hydrogen) atoms. The molecule has 2 aromatic rings. The second-order valence-electron chi connectivity index (χ2n) is 6.01. The molecule has 2 rings (SSSR count). The maximum absolute atomic E-state index is 12.3. The number of benzene rings is 1. The van der Waals surface area contributed by atoms with E-state index < -0.39 is 0 Å². The summed E-state index contributed by atoms with van der Waals surface area (Å²) in [4.78, 5) is 20.9. The van der Waals surface area contributed by atoms with Gasteiger partial charge in [0.05, 0.1) is 14.2 Å². The summed E-state index contributed by atoms with van der Waals surface area (Å²) in [5.74, 6) is 2.29. The second kappa shape index (κ2) is 9.03. The first kappa shape index (κ1) is 19.5. The van der Waals surface area contributed by atoms with Crippen LogP contribution in [0.3, 0.4) is 0 Å². The summed E-state index contributed by atoms with van der Waals surface area (Å²) in [6, 6.07) is 7.45. The Hall–Kier alpha value is -2.83. The molecule has 7 heteroatoms. The first-order valence-electron chi connectivity index (χ1n) is 8.58. The van der Waals surface area contributed by atoms with Gasteiger partial charge in [-0.05, 0) is 38.0 Å². The minimum absolute atomic E-state index is 0.0981. The van der Waals surface area contributed by atoms with E-state index in [4.69, 9.17) is 9.47 Å². The van der Waals surface area contributed by atoms with Crippen LogP contribution in [0.15, 0.2) is 24.3 Å². The van der Waals surface area contributed by atoms with Crippen LogP contribution >= 0.6 is 0 Å². The van der Waals surface area contributed by atoms with Crippen molar-refractivity contribution in [2.24, 2.45) is 0 Å². The maximum Gasteiger partial charge on any atom is 0.270 e. The zero-order valence-corrected chi connectivity index (χ0v) is 15.9. The number of hydrogen-bond donors (Lipinski definition) is 2. The molecule has 0 saturated carbocycles. The summed E-state index contributed by atoms with van der Waals surface area (Å²) in [7, 11) is 3.20. The van der Waals surface area contributed by atoms with E-state index in [-0.39, 0.29) is 11.9 Å². The number of amides is 1. The lowest BCUT2D eigenvalue weighted by Crippen LogP contribution is -2.32. The molecule has 1 atom stereocenters. The van der Waals surface area contributed by atoms with Crippen LogP contribution in [-0.2, 0) is 6.54 Å². The van der Waals surface area contributed by atoms with E-state index in [1.165, 1.54) is 0 Å². The van der Waals surface area contributed by atoms with Gasteiger partial charge in [0.1, 0.15) is 17.3 Å². The first-order chi connectivity index (χ1) is 12.5. The molecule has 0 spiro atoms. The van der Waals surface area contributed by atoms with Gasteiger partial charge in [0.15, 0.2) is 11.5 Å². The van der Waals surface area contributed by atoms with Crippen molar-refractivity contribution in [3.63, 3.8) is 0 Å². The minimum Gasteiger partial charge on any atom is -0.493 e. The Labute approximate surface area is 154 Å². The molecule has 1 aromatic heterocycles. The first-order valence-corrected chi connectivity index (χ1v) is 8.58. The van der Waals surface area contributed by atoms with Crippen LogP contribution < -0.4 is 20.1 Å². The van der Waals surface area contributed by atoms with Crippen molar-refractivity contribution < 1.29 is 14.3 Å². The number of methoxy groups -OCH3 is 2. The Morgan fingerprint density at radius 2 is 1.88 bits per heavy atom. The van der Waals surface area contributed by atoms with Crippen molar-refractivity contribution in [3.05, 3.63) is 41.3 Å².